The highest BCUT2D eigenvalue weighted by atomic mass is 32.1. The van der Waals surface area contributed by atoms with Crippen molar-refractivity contribution in [2.24, 2.45) is 0 Å². The highest BCUT2D eigenvalue weighted by Gasteiger charge is 2.29. The Morgan fingerprint density at radius 1 is 0.590 bits per heavy atom. The summed E-state index contributed by atoms with van der Waals surface area (Å²) < 4.78 is 24.0. The number of nitrogens with zero attached hydrogens (tertiary/aromatic N) is 2. The van der Waals surface area contributed by atoms with E-state index in [1.54, 1.807) is 34.0 Å². The average molecular weight is 585 g/mol. The molecule has 0 aromatic carbocycles. The number of thiophene rings is 3. The zero-order valence-electron chi connectivity index (χ0n) is 22.8. The van der Waals surface area contributed by atoms with Crippen LogP contribution in [0.4, 0.5) is 0 Å². The van der Waals surface area contributed by atoms with Gasteiger partial charge in [0.2, 0.25) is 0 Å². The Kier molecular flexibility index (Phi) is 8.56. The van der Waals surface area contributed by atoms with Gasteiger partial charge in [0.15, 0.2) is 23.0 Å². The van der Waals surface area contributed by atoms with Crippen LogP contribution in [0.3, 0.4) is 0 Å². The summed E-state index contributed by atoms with van der Waals surface area (Å²) in [5, 5.41) is 4.11. The maximum Gasteiger partial charge on any atom is 0.180 e. The smallest absolute Gasteiger partial charge is 0.180 e. The Balaban J connectivity index is 1.49. The molecule has 0 N–H and O–H groups in total. The fourth-order valence-corrected chi connectivity index (χ4v) is 8.54. The Morgan fingerprint density at radius 2 is 1.05 bits per heavy atom. The quantitative estimate of drug-likeness (QED) is 0.155. The van der Waals surface area contributed by atoms with Crippen molar-refractivity contribution in [2.45, 2.75) is 78.1 Å². The fourth-order valence-electron chi connectivity index (χ4n) is 5.21. The second-order valence-corrected chi connectivity index (χ2v) is 12.9. The summed E-state index contributed by atoms with van der Waals surface area (Å²) in [5.74, 6) is 3.33. The van der Waals surface area contributed by atoms with E-state index >= 15 is 0 Å². The molecule has 2 aliphatic rings. The molecular formula is C30H36N2O4S3. The molecule has 208 valence electrons. The molecule has 0 unspecified atom stereocenters. The highest BCUT2D eigenvalue weighted by molar-refractivity contribution is 7.27. The Bertz CT molecular complexity index is 1320. The van der Waals surface area contributed by atoms with Gasteiger partial charge in [0.05, 0.1) is 30.9 Å². The summed E-state index contributed by atoms with van der Waals surface area (Å²) in [5.41, 5.74) is 4.26. The molecule has 4 aromatic heterocycles. The zero-order chi connectivity index (χ0) is 26.6. The van der Waals surface area contributed by atoms with Gasteiger partial charge in [0.1, 0.15) is 37.5 Å². The topological polar surface area (TPSA) is 62.7 Å². The predicted octanol–water partition coefficient (Wildman–Crippen LogP) is 8.94. The van der Waals surface area contributed by atoms with Gasteiger partial charge < -0.3 is 18.9 Å². The van der Waals surface area contributed by atoms with E-state index in [0.29, 0.717) is 26.4 Å². The van der Waals surface area contributed by atoms with Gasteiger partial charge in [-0.2, -0.15) is 0 Å². The van der Waals surface area contributed by atoms with Crippen molar-refractivity contribution in [1.82, 2.24) is 9.97 Å². The van der Waals surface area contributed by atoms with Crippen LogP contribution in [0.1, 0.15) is 76.6 Å². The number of rotatable bonds is 12. The second kappa shape index (κ2) is 12.4. The minimum absolute atomic E-state index is 0.562. The van der Waals surface area contributed by atoms with E-state index in [1.165, 1.54) is 38.5 Å². The zero-order valence-corrected chi connectivity index (χ0v) is 25.3. The van der Waals surface area contributed by atoms with Gasteiger partial charge in [0, 0.05) is 10.8 Å². The van der Waals surface area contributed by atoms with Crippen LogP contribution in [0.5, 0.6) is 23.0 Å². The van der Waals surface area contributed by atoms with Crippen LogP contribution in [0.2, 0.25) is 0 Å². The third-order valence-corrected chi connectivity index (χ3v) is 10.6. The van der Waals surface area contributed by atoms with Gasteiger partial charge in [-0.3, -0.25) is 0 Å². The van der Waals surface area contributed by atoms with Gasteiger partial charge >= 0.3 is 0 Å². The van der Waals surface area contributed by atoms with Crippen LogP contribution in [-0.2, 0) is 12.8 Å². The molecule has 0 amide bonds. The van der Waals surface area contributed by atoms with E-state index in [4.69, 9.17) is 28.9 Å². The first-order valence-corrected chi connectivity index (χ1v) is 16.9. The number of hydrogen-bond acceptors (Lipinski definition) is 9. The van der Waals surface area contributed by atoms with E-state index in [0.717, 1.165) is 90.6 Å². The molecule has 0 atom stereocenters. The van der Waals surface area contributed by atoms with Gasteiger partial charge in [-0.15, -0.1) is 34.0 Å². The summed E-state index contributed by atoms with van der Waals surface area (Å²) in [6.07, 6.45) is 11.7. The summed E-state index contributed by atoms with van der Waals surface area (Å²) >= 11 is 5.07. The minimum Gasteiger partial charge on any atom is -0.485 e. The van der Waals surface area contributed by atoms with Crippen LogP contribution < -0.4 is 18.9 Å². The molecule has 0 saturated carbocycles. The van der Waals surface area contributed by atoms with Crippen molar-refractivity contribution in [3.05, 3.63) is 22.1 Å². The highest BCUT2D eigenvalue weighted by Crippen LogP contribution is 2.55. The summed E-state index contributed by atoms with van der Waals surface area (Å²) in [6, 6.07) is 0. The van der Waals surface area contributed by atoms with Crippen molar-refractivity contribution in [3.63, 3.8) is 0 Å². The summed E-state index contributed by atoms with van der Waals surface area (Å²) in [7, 11) is 0. The molecule has 6 nitrogen and oxygen atoms in total. The normalized spacial score (nSPS) is 14.3. The number of aryl methyl sites for hydroxylation is 2. The van der Waals surface area contributed by atoms with E-state index in [-0.39, 0.29) is 0 Å². The molecule has 0 aliphatic carbocycles. The molecular weight excluding hydrogens is 549 g/mol. The van der Waals surface area contributed by atoms with E-state index < -0.39 is 0 Å². The Hall–Kier alpha value is -2.36. The van der Waals surface area contributed by atoms with Crippen LogP contribution in [0.25, 0.3) is 30.5 Å². The third kappa shape index (κ3) is 5.50. The van der Waals surface area contributed by atoms with Crippen LogP contribution in [-0.4, -0.2) is 36.4 Å². The number of unbranched alkanes of at least 4 members (excludes halogenated alkanes) is 6. The van der Waals surface area contributed by atoms with Crippen molar-refractivity contribution in [2.75, 3.05) is 26.4 Å². The molecule has 39 heavy (non-hydrogen) atoms. The summed E-state index contributed by atoms with van der Waals surface area (Å²) in [6.45, 7) is 6.81. The van der Waals surface area contributed by atoms with Gasteiger partial charge in [0.25, 0.3) is 0 Å². The molecule has 4 aromatic rings. The average Bonchev–Trinajstić information content (AvgIpc) is 3.68. The lowest BCUT2D eigenvalue weighted by atomic mass is 10.0. The fraction of sp³-hybridized carbons (Fsp3) is 0.533. The summed E-state index contributed by atoms with van der Waals surface area (Å²) in [4.78, 5) is 15.2. The lowest BCUT2D eigenvalue weighted by molar-refractivity contribution is 0.174. The molecule has 9 heteroatoms. The molecule has 6 rings (SSSR count). The number of aromatic nitrogens is 2. The standard InChI is InChI=1S/C30H36N2O4S3/c1-3-5-7-9-11-19-20(12-10-8-6-4-2)32-24-23(31-19)27(29-25-21(17-37-29)33-13-15-35-25)39-28(24)30-26-22(18-38-30)34-14-16-36-26/h17-18H,3-16H2,1-2H3. The molecule has 0 fully saturated rings. The molecule has 6 heterocycles. The molecule has 0 spiro atoms. The first kappa shape index (κ1) is 26.8. The lowest BCUT2D eigenvalue weighted by Gasteiger charge is -2.15. The lowest BCUT2D eigenvalue weighted by Crippen LogP contribution is -2.14. The maximum atomic E-state index is 6.11. The largest absolute Gasteiger partial charge is 0.485 e. The van der Waals surface area contributed by atoms with Crippen molar-refractivity contribution in [3.8, 4) is 42.5 Å². The van der Waals surface area contributed by atoms with Gasteiger partial charge in [-0.05, 0) is 25.7 Å². The second-order valence-electron chi connectivity index (χ2n) is 10.1. The van der Waals surface area contributed by atoms with E-state index in [1.807, 2.05) is 0 Å². The monoisotopic (exact) mass is 584 g/mol. The van der Waals surface area contributed by atoms with E-state index in [2.05, 4.69) is 24.6 Å². The van der Waals surface area contributed by atoms with Crippen molar-refractivity contribution >= 4 is 45.0 Å². The van der Waals surface area contributed by atoms with Crippen molar-refractivity contribution in [1.29, 1.82) is 0 Å². The van der Waals surface area contributed by atoms with Gasteiger partial charge in [-0.25, -0.2) is 9.97 Å². The first-order chi connectivity index (χ1) is 19.3. The van der Waals surface area contributed by atoms with Crippen LogP contribution in [0.15, 0.2) is 10.8 Å². The van der Waals surface area contributed by atoms with Crippen molar-refractivity contribution < 1.29 is 18.9 Å². The molecule has 0 saturated heterocycles. The first-order valence-electron chi connectivity index (χ1n) is 14.4. The molecule has 0 radical (unpaired) electrons. The van der Waals surface area contributed by atoms with Crippen LogP contribution in [0, 0.1) is 0 Å². The number of fused-ring (bicyclic) bond motifs is 3. The minimum atomic E-state index is 0.562. The Morgan fingerprint density at radius 3 is 1.51 bits per heavy atom. The van der Waals surface area contributed by atoms with Crippen LogP contribution >= 0.6 is 34.0 Å². The van der Waals surface area contributed by atoms with Gasteiger partial charge in [-0.1, -0.05) is 52.4 Å². The SMILES string of the molecule is CCCCCCc1nc2c(-c3scc4c3OCCO4)sc(-c3scc4c3OCCO4)c2nc1CCCCCC. The molecule has 0 bridgehead atoms. The van der Waals surface area contributed by atoms with E-state index in [9.17, 15) is 0 Å². The molecule has 2 aliphatic heterocycles. The Labute approximate surface area is 242 Å². The number of hydrogen-bond donors (Lipinski definition) is 0. The third-order valence-electron chi connectivity index (χ3n) is 7.23. The predicted molar refractivity (Wildman–Crippen MR) is 162 cm³/mol. The number of ether oxygens (including phenoxy) is 4. The maximum absolute atomic E-state index is 6.11.